The van der Waals surface area contributed by atoms with E-state index in [2.05, 4.69) is 25.6 Å². The van der Waals surface area contributed by atoms with Crippen LogP contribution in [0.5, 0.6) is 0 Å². The van der Waals surface area contributed by atoms with Crippen molar-refractivity contribution in [1.29, 1.82) is 5.26 Å². The lowest BCUT2D eigenvalue weighted by Crippen LogP contribution is -2.03. The molecule has 6 nitrogen and oxygen atoms in total. The maximum absolute atomic E-state index is 14.6. The van der Waals surface area contributed by atoms with Gasteiger partial charge in [-0.2, -0.15) is 10.2 Å². The van der Waals surface area contributed by atoms with E-state index < -0.39 is 11.6 Å². The monoisotopic (exact) mass is 480 g/mol. The molecule has 9 heteroatoms. The van der Waals surface area contributed by atoms with Crippen molar-refractivity contribution in [3.63, 3.8) is 0 Å². The highest BCUT2D eigenvalue weighted by Crippen LogP contribution is 2.29. The van der Waals surface area contributed by atoms with Crippen molar-refractivity contribution in [2.45, 2.75) is 0 Å². The van der Waals surface area contributed by atoms with E-state index in [1.54, 1.807) is 48.8 Å². The molecule has 0 aliphatic carbocycles. The number of benzene rings is 2. The summed E-state index contributed by atoms with van der Waals surface area (Å²) >= 11 is 0. The van der Waals surface area contributed by atoms with Gasteiger partial charge in [0, 0.05) is 24.3 Å². The van der Waals surface area contributed by atoms with E-state index in [1.165, 1.54) is 24.4 Å². The average Bonchev–Trinajstić information content (AvgIpc) is 2.77. The van der Waals surface area contributed by atoms with Crippen molar-refractivity contribution in [2.24, 2.45) is 0 Å². The normalized spacial score (nSPS) is 9.97. The van der Waals surface area contributed by atoms with Crippen LogP contribution < -0.4 is 10.6 Å². The molecule has 2 N–H and O–H groups in total. The third kappa shape index (κ3) is 5.18. The molecule has 2 aromatic heterocycles. The van der Waals surface area contributed by atoms with Crippen molar-refractivity contribution >= 4 is 40.1 Å². The summed E-state index contributed by atoms with van der Waals surface area (Å²) in [6.45, 7) is 0. The highest BCUT2D eigenvalue weighted by Gasteiger charge is 2.13. The van der Waals surface area contributed by atoms with E-state index in [9.17, 15) is 8.78 Å². The summed E-state index contributed by atoms with van der Waals surface area (Å²) in [6.07, 6.45) is 4.57. The SMILES string of the molecule is Br.N#Cc1ccc(Nc2nccc(Nc3c(F)cc(-c4ccncc4)cc3F)n2)cc1. The number of nitriles is 1. The molecule has 4 rings (SSSR count). The highest BCUT2D eigenvalue weighted by molar-refractivity contribution is 8.93. The second-order valence-electron chi connectivity index (χ2n) is 6.26. The van der Waals surface area contributed by atoms with Crippen LogP contribution in [0.25, 0.3) is 11.1 Å². The van der Waals surface area contributed by atoms with Crippen LogP contribution in [0.15, 0.2) is 73.2 Å². The predicted octanol–water partition coefficient (Wildman–Crippen LogP) is 5.75. The molecule has 0 radical (unpaired) electrons. The summed E-state index contributed by atoms with van der Waals surface area (Å²) in [5.74, 6) is -1.04. The highest BCUT2D eigenvalue weighted by atomic mass is 79.9. The zero-order valence-electron chi connectivity index (χ0n) is 15.9. The molecule has 2 heterocycles. The van der Waals surface area contributed by atoms with Crippen molar-refractivity contribution in [2.75, 3.05) is 10.6 Å². The number of aromatic nitrogens is 3. The zero-order valence-corrected chi connectivity index (χ0v) is 17.6. The summed E-state index contributed by atoms with van der Waals surface area (Å²) < 4.78 is 29.2. The third-order valence-electron chi connectivity index (χ3n) is 4.23. The van der Waals surface area contributed by atoms with Gasteiger partial charge in [-0.3, -0.25) is 4.98 Å². The first-order chi connectivity index (χ1) is 14.6. The molecule has 0 amide bonds. The van der Waals surface area contributed by atoms with Crippen molar-refractivity contribution in [3.05, 3.63) is 90.4 Å². The van der Waals surface area contributed by atoms with Gasteiger partial charge < -0.3 is 10.6 Å². The Morgan fingerprint density at radius 1 is 0.806 bits per heavy atom. The topological polar surface area (TPSA) is 86.5 Å². The van der Waals surface area contributed by atoms with Crippen LogP contribution in [0.2, 0.25) is 0 Å². The minimum Gasteiger partial charge on any atom is -0.335 e. The first-order valence-corrected chi connectivity index (χ1v) is 8.89. The molecular weight excluding hydrogens is 466 g/mol. The largest absolute Gasteiger partial charge is 0.335 e. The minimum atomic E-state index is -0.748. The predicted molar refractivity (Wildman–Crippen MR) is 120 cm³/mol. The lowest BCUT2D eigenvalue weighted by Gasteiger charge is -2.11. The lowest BCUT2D eigenvalue weighted by molar-refractivity contribution is 0.591. The molecule has 0 saturated heterocycles. The van der Waals surface area contributed by atoms with Gasteiger partial charge in [-0.05, 0) is 65.7 Å². The maximum Gasteiger partial charge on any atom is 0.229 e. The number of pyridine rings is 1. The molecule has 0 aliphatic rings. The van der Waals surface area contributed by atoms with Crippen molar-refractivity contribution < 1.29 is 8.78 Å². The number of nitrogens with one attached hydrogen (secondary N) is 2. The van der Waals surface area contributed by atoms with Gasteiger partial charge in [0.25, 0.3) is 0 Å². The van der Waals surface area contributed by atoms with Gasteiger partial charge >= 0.3 is 0 Å². The molecule has 2 aromatic carbocycles. The van der Waals surface area contributed by atoms with Gasteiger partial charge in [0.1, 0.15) is 23.1 Å². The van der Waals surface area contributed by atoms with E-state index in [1.807, 2.05) is 6.07 Å². The number of rotatable bonds is 5. The summed E-state index contributed by atoms with van der Waals surface area (Å²) in [5.41, 5.74) is 1.95. The molecule has 0 bridgehead atoms. The van der Waals surface area contributed by atoms with Crippen molar-refractivity contribution in [1.82, 2.24) is 15.0 Å². The standard InChI is InChI=1S/C22H14F2N6.BrH/c23-18-11-16(15-5-8-26-9-6-15)12-19(24)21(18)29-20-7-10-27-22(30-20)28-17-3-1-14(13-25)2-4-17;/h1-12H,(H2,27,28,29,30);1H. The van der Waals surface area contributed by atoms with Crippen LogP contribution in [-0.4, -0.2) is 15.0 Å². The Morgan fingerprint density at radius 2 is 1.48 bits per heavy atom. The van der Waals surface area contributed by atoms with Gasteiger partial charge in [-0.1, -0.05) is 0 Å². The van der Waals surface area contributed by atoms with Crippen molar-refractivity contribution in [3.8, 4) is 17.2 Å². The Balaban J connectivity index is 0.00000272. The molecule has 0 saturated carbocycles. The Hall–Kier alpha value is -3.90. The van der Waals surface area contributed by atoms with Gasteiger partial charge in [-0.25, -0.2) is 13.8 Å². The maximum atomic E-state index is 14.6. The van der Waals surface area contributed by atoms with Gasteiger partial charge in [0.05, 0.1) is 11.6 Å². The lowest BCUT2D eigenvalue weighted by atomic mass is 10.1. The quantitative estimate of drug-likeness (QED) is 0.377. The first-order valence-electron chi connectivity index (χ1n) is 8.89. The zero-order chi connectivity index (χ0) is 20.9. The molecule has 0 spiro atoms. The molecule has 31 heavy (non-hydrogen) atoms. The second-order valence-corrected chi connectivity index (χ2v) is 6.26. The van der Waals surface area contributed by atoms with E-state index >= 15 is 0 Å². The fourth-order valence-electron chi connectivity index (χ4n) is 2.78. The molecule has 4 aromatic rings. The van der Waals surface area contributed by atoms with Gasteiger partial charge in [0.15, 0.2) is 0 Å². The minimum absolute atomic E-state index is 0. The number of anilines is 4. The summed E-state index contributed by atoms with van der Waals surface area (Å²) in [7, 11) is 0. The number of nitrogens with zero attached hydrogens (tertiary/aromatic N) is 4. The number of hydrogen-bond donors (Lipinski definition) is 2. The van der Waals surface area contributed by atoms with Crippen LogP contribution in [0, 0.1) is 23.0 Å². The fourth-order valence-corrected chi connectivity index (χ4v) is 2.78. The average molecular weight is 481 g/mol. The van der Waals surface area contributed by atoms with Crippen LogP contribution in [0.3, 0.4) is 0 Å². The van der Waals surface area contributed by atoms with Crippen LogP contribution >= 0.6 is 17.0 Å². The Kier molecular flexibility index (Phi) is 6.85. The van der Waals surface area contributed by atoms with E-state index in [-0.39, 0.29) is 34.4 Å². The summed E-state index contributed by atoms with van der Waals surface area (Å²) in [6, 6.07) is 16.1. The third-order valence-corrected chi connectivity index (χ3v) is 4.23. The number of halogens is 3. The molecular formula is C22H15BrF2N6. The Labute approximate surface area is 187 Å². The van der Waals surface area contributed by atoms with E-state index in [0.29, 0.717) is 22.4 Å². The molecule has 0 fully saturated rings. The van der Waals surface area contributed by atoms with E-state index in [0.717, 1.165) is 0 Å². The molecule has 154 valence electrons. The smallest absolute Gasteiger partial charge is 0.229 e. The Bertz CT molecular complexity index is 1200. The first kappa shape index (κ1) is 21.8. The molecule has 0 atom stereocenters. The summed E-state index contributed by atoms with van der Waals surface area (Å²) in [5, 5.41) is 14.5. The van der Waals surface area contributed by atoms with Crippen LogP contribution in [0.4, 0.5) is 31.9 Å². The van der Waals surface area contributed by atoms with Crippen LogP contribution in [-0.2, 0) is 0 Å². The molecule has 0 aliphatic heterocycles. The molecule has 0 unspecified atom stereocenters. The fraction of sp³-hybridized carbons (Fsp3) is 0. The summed E-state index contributed by atoms with van der Waals surface area (Å²) in [4.78, 5) is 12.2. The van der Waals surface area contributed by atoms with Gasteiger partial charge in [-0.15, -0.1) is 17.0 Å². The Morgan fingerprint density at radius 3 is 2.13 bits per heavy atom. The van der Waals surface area contributed by atoms with Gasteiger partial charge in [0.2, 0.25) is 5.95 Å². The number of hydrogen-bond acceptors (Lipinski definition) is 6. The van der Waals surface area contributed by atoms with E-state index in [4.69, 9.17) is 5.26 Å². The van der Waals surface area contributed by atoms with Crippen LogP contribution in [0.1, 0.15) is 5.56 Å². The second kappa shape index (κ2) is 9.73.